The number of para-hydroxylation sites is 2. The molecule has 0 fully saturated rings. The normalized spacial score (nSPS) is 12.9. The van der Waals surface area contributed by atoms with Gasteiger partial charge in [0, 0.05) is 5.02 Å². The first-order valence-electron chi connectivity index (χ1n) is 9.09. The van der Waals surface area contributed by atoms with Crippen molar-refractivity contribution in [3.8, 4) is 0 Å². The van der Waals surface area contributed by atoms with Gasteiger partial charge in [0.1, 0.15) is 11.6 Å². The summed E-state index contributed by atoms with van der Waals surface area (Å²) in [7, 11) is -3.57. The molecular weight excluding hydrogens is 408 g/mol. The number of aromatic nitrogens is 2. The lowest BCUT2D eigenvalue weighted by Gasteiger charge is -2.15. The van der Waals surface area contributed by atoms with Crippen LogP contribution in [0.4, 0.5) is 0 Å². The van der Waals surface area contributed by atoms with Gasteiger partial charge in [0.25, 0.3) is 0 Å². The molecule has 0 saturated carbocycles. The first-order chi connectivity index (χ1) is 13.9. The van der Waals surface area contributed by atoms with Crippen molar-refractivity contribution in [3.63, 3.8) is 0 Å². The van der Waals surface area contributed by atoms with E-state index in [0.29, 0.717) is 21.9 Å². The Morgan fingerprint density at radius 1 is 0.931 bits per heavy atom. The fourth-order valence-electron chi connectivity index (χ4n) is 3.28. The van der Waals surface area contributed by atoms with Crippen LogP contribution in [0.25, 0.3) is 11.0 Å². The molecule has 5 nitrogen and oxygen atoms in total. The molecule has 3 aromatic carbocycles. The molecule has 0 aliphatic carbocycles. The van der Waals surface area contributed by atoms with Gasteiger partial charge in [-0.2, -0.15) is 0 Å². The van der Waals surface area contributed by atoms with Crippen molar-refractivity contribution in [2.24, 2.45) is 0 Å². The van der Waals surface area contributed by atoms with Gasteiger partial charge in [0.05, 0.1) is 28.6 Å². The number of nitrogens with zero attached hydrogens (tertiary/aromatic N) is 2. The van der Waals surface area contributed by atoms with E-state index in [-0.39, 0.29) is 17.2 Å². The van der Waals surface area contributed by atoms with Crippen LogP contribution in [0, 0.1) is 0 Å². The minimum atomic E-state index is -3.57. The molecule has 0 aliphatic heterocycles. The first-order valence-corrected chi connectivity index (χ1v) is 11.1. The fourth-order valence-corrected chi connectivity index (χ4v) is 4.71. The maximum Gasteiger partial charge on any atom is 0.185 e. The number of halogens is 1. The summed E-state index contributed by atoms with van der Waals surface area (Å²) >= 11 is 5.93. The summed E-state index contributed by atoms with van der Waals surface area (Å²) in [5.41, 5.74) is 2.16. The van der Waals surface area contributed by atoms with Gasteiger partial charge in [0.15, 0.2) is 9.84 Å². The molecule has 7 heteroatoms. The van der Waals surface area contributed by atoms with Crippen LogP contribution in [0.5, 0.6) is 0 Å². The second-order valence-corrected chi connectivity index (χ2v) is 9.19. The van der Waals surface area contributed by atoms with E-state index >= 15 is 0 Å². The fraction of sp³-hybridized carbons (Fsp3) is 0.136. The van der Waals surface area contributed by atoms with Crippen LogP contribution in [0.3, 0.4) is 0 Å². The monoisotopic (exact) mass is 426 g/mol. The number of aliphatic hydroxyl groups excluding tert-OH is 1. The molecule has 0 amide bonds. The number of hydrogen-bond donors (Lipinski definition) is 1. The van der Waals surface area contributed by atoms with Crippen molar-refractivity contribution in [1.29, 1.82) is 0 Å². The predicted octanol–water partition coefficient (Wildman–Crippen LogP) is 4.40. The highest BCUT2D eigenvalue weighted by molar-refractivity contribution is 7.90. The lowest BCUT2D eigenvalue weighted by Crippen LogP contribution is -2.15. The molecule has 4 aromatic rings. The number of rotatable bonds is 6. The maximum absolute atomic E-state index is 12.9. The van der Waals surface area contributed by atoms with Gasteiger partial charge >= 0.3 is 0 Å². The number of hydrogen-bond acceptors (Lipinski definition) is 4. The Bertz CT molecular complexity index is 1240. The van der Waals surface area contributed by atoms with Crippen LogP contribution in [-0.2, 0) is 22.1 Å². The third kappa shape index (κ3) is 4.19. The largest absolute Gasteiger partial charge is 0.387 e. The Kier molecular flexibility index (Phi) is 5.41. The average molecular weight is 427 g/mol. The smallest absolute Gasteiger partial charge is 0.185 e. The van der Waals surface area contributed by atoms with Crippen molar-refractivity contribution >= 4 is 32.5 Å². The van der Waals surface area contributed by atoms with Crippen LogP contribution in [-0.4, -0.2) is 23.1 Å². The standard InChI is InChI=1S/C22H19ClN2O3S/c23-17-12-10-16(11-13-17)21(26)14-25-20-9-5-4-8-19(20)24-22(25)15-29(27,28)18-6-2-1-3-7-18/h1-13,21,26H,14-15H2. The van der Waals surface area contributed by atoms with Crippen LogP contribution in [0.1, 0.15) is 17.5 Å². The predicted molar refractivity (Wildman–Crippen MR) is 113 cm³/mol. The van der Waals surface area contributed by atoms with E-state index in [2.05, 4.69) is 4.98 Å². The van der Waals surface area contributed by atoms with E-state index in [1.54, 1.807) is 59.2 Å². The topological polar surface area (TPSA) is 72.2 Å². The van der Waals surface area contributed by atoms with E-state index in [1.165, 1.54) is 0 Å². The molecule has 1 aromatic heterocycles. The number of sulfone groups is 1. The summed E-state index contributed by atoms with van der Waals surface area (Å²) in [5, 5.41) is 11.3. The van der Waals surface area contributed by atoms with Crippen molar-refractivity contribution in [2.45, 2.75) is 23.3 Å². The molecule has 1 N–H and O–H groups in total. The second kappa shape index (κ2) is 7.99. The Morgan fingerprint density at radius 2 is 1.59 bits per heavy atom. The molecule has 1 unspecified atom stereocenters. The number of fused-ring (bicyclic) bond motifs is 1. The third-order valence-corrected chi connectivity index (χ3v) is 6.65. The van der Waals surface area contributed by atoms with Gasteiger partial charge in [0.2, 0.25) is 0 Å². The molecule has 29 heavy (non-hydrogen) atoms. The van der Waals surface area contributed by atoms with E-state index in [0.717, 1.165) is 5.52 Å². The Hall–Kier alpha value is -2.67. The van der Waals surface area contributed by atoms with Crippen molar-refractivity contribution in [3.05, 3.63) is 95.3 Å². The zero-order valence-electron chi connectivity index (χ0n) is 15.4. The minimum Gasteiger partial charge on any atom is -0.387 e. The van der Waals surface area contributed by atoms with Crippen molar-refractivity contribution in [1.82, 2.24) is 9.55 Å². The molecule has 1 atom stereocenters. The van der Waals surface area contributed by atoms with Gasteiger partial charge in [-0.25, -0.2) is 13.4 Å². The van der Waals surface area contributed by atoms with Gasteiger partial charge in [-0.05, 0) is 42.0 Å². The van der Waals surface area contributed by atoms with Crippen LogP contribution in [0.2, 0.25) is 5.02 Å². The summed E-state index contributed by atoms with van der Waals surface area (Å²) < 4.78 is 27.6. The first kappa shape index (κ1) is 19.6. The number of benzene rings is 3. The highest BCUT2D eigenvalue weighted by Crippen LogP contribution is 2.25. The summed E-state index contributed by atoms with van der Waals surface area (Å²) in [6.45, 7) is 0.182. The molecule has 0 radical (unpaired) electrons. The van der Waals surface area contributed by atoms with Crippen LogP contribution >= 0.6 is 11.6 Å². The van der Waals surface area contributed by atoms with Gasteiger partial charge in [-0.3, -0.25) is 0 Å². The Labute approximate surface area is 174 Å². The molecule has 4 rings (SSSR count). The molecule has 0 spiro atoms. The average Bonchev–Trinajstić information content (AvgIpc) is 3.05. The lowest BCUT2D eigenvalue weighted by molar-refractivity contribution is 0.157. The zero-order chi connectivity index (χ0) is 20.4. The van der Waals surface area contributed by atoms with Gasteiger partial charge in [-0.1, -0.05) is 54.1 Å². The van der Waals surface area contributed by atoms with Gasteiger partial charge in [-0.15, -0.1) is 0 Å². The molecule has 1 heterocycles. The SMILES string of the molecule is O=S(=O)(Cc1nc2ccccc2n1CC(O)c1ccc(Cl)cc1)c1ccccc1. The third-order valence-electron chi connectivity index (χ3n) is 4.77. The summed E-state index contributed by atoms with van der Waals surface area (Å²) in [5.74, 6) is 0.141. The van der Waals surface area contributed by atoms with Crippen LogP contribution in [0.15, 0.2) is 83.8 Å². The highest BCUT2D eigenvalue weighted by Gasteiger charge is 2.22. The summed E-state index contributed by atoms with van der Waals surface area (Å²) in [4.78, 5) is 4.78. The van der Waals surface area contributed by atoms with Crippen molar-refractivity contribution in [2.75, 3.05) is 0 Å². The second-order valence-electron chi connectivity index (χ2n) is 6.77. The number of imidazole rings is 1. The van der Waals surface area contributed by atoms with E-state index in [9.17, 15) is 13.5 Å². The van der Waals surface area contributed by atoms with Crippen LogP contribution < -0.4 is 0 Å². The number of aliphatic hydroxyl groups is 1. The van der Waals surface area contributed by atoms with Crippen molar-refractivity contribution < 1.29 is 13.5 Å². The van der Waals surface area contributed by atoms with E-state index in [1.807, 2.05) is 24.3 Å². The lowest BCUT2D eigenvalue weighted by atomic mass is 10.1. The molecule has 148 valence electrons. The zero-order valence-corrected chi connectivity index (χ0v) is 17.0. The van der Waals surface area contributed by atoms with E-state index < -0.39 is 15.9 Å². The molecular formula is C22H19ClN2O3S. The molecule has 0 aliphatic rings. The van der Waals surface area contributed by atoms with E-state index in [4.69, 9.17) is 11.6 Å². The maximum atomic E-state index is 12.9. The van der Waals surface area contributed by atoms with Gasteiger partial charge < -0.3 is 9.67 Å². The molecule has 0 bridgehead atoms. The highest BCUT2D eigenvalue weighted by atomic mass is 35.5. The minimum absolute atomic E-state index is 0.182. The molecule has 0 saturated heterocycles. The quantitative estimate of drug-likeness (QED) is 0.496. The Balaban J connectivity index is 1.72. The summed E-state index contributed by atoms with van der Waals surface area (Å²) in [6.07, 6.45) is -0.831. The summed E-state index contributed by atoms with van der Waals surface area (Å²) in [6, 6.07) is 22.7. The Morgan fingerprint density at radius 3 is 2.31 bits per heavy atom.